The molecule has 2 aromatic rings. The highest BCUT2D eigenvalue weighted by Gasteiger charge is 2.25. The summed E-state index contributed by atoms with van der Waals surface area (Å²) in [6.45, 7) is 1.08. The molecule has 0 fully saturated rings. The summed E-state index contributed by atoms with van der Waals surface area (Å²) in [5.41, 5.74) is 0.296. The quantitative estimate of drug-likeness (QED) is 0.678. The number of nitrogens with one attached hydrogen (secondary N) is 1. The number of rotatable bonds is 4. The first-order chi connectivity index (χ1) is 11.4. The lowest BCUT2D eigenvalue weighted by Crippen LogP contribution is -2.32. The van der Waals surface area contributed by atoms with Gasteiger partial charge in [0.1, 0.15) is 4.90 Å². The number of carbonyl (C=O) groups excluding carboxylic acids is 2. The van der Waals surface area contributed by atoms with E-state index in [0.29, 0.717) is 5.56 Å². The highest BCUT2D eigenvalue weighted by molar-refractivity contribution is 7.90. The van der Waals surface area contributed by atoms with Crippen molar-refractivity contribution in [3.8, 4) is 12.5 Å². The van der Waals surface area contributed by atoms with Crippen molar-refractivity contribution in [2.45, 2.75) is 11.8 Å². The fourth-order valence-electron chi connectivity index (χ4n) is 2.06. The molecule has 7 heteroatoms. The molecule has 0 saturated carbocycles. The van der Waals surface area contributed by atoms with E-state index in [2.05, 4.69) is 6.04 Å². The molecule has 2 rings (SSSR count). The van der Waals surface area contributed by atoms with Crippen molar-refractivity contribution in [2.75, 3.05) is 4.90 Å². The maximum atomic E-state index is 12.6. The zero-order valence-electron chi connectivity index (χ0n) is 12.8. The molecular formula is C17H14N2O4S. The Labute approximate surface area is 140 Å². The first-order valence-corrected chi connectivity index (χ1v) is 8.33. The predicted molar refractivity (Wildman–Crippen MR) is 89.5 cm³/mol. The Kier molecular flexibility index (Phi) is 5.02. The highest BCUT2D eigenvalue weighted by atomic mass is 32.2. The van der Waals surface area contributed by atoms with Crippen molar-refractivity contribution in [3.63, 3.8) is 0 Å². The Balaban J connectivity index is 2.54. The Morgan fingerprint density at radius 1 is 1.04 bits per heavy atom. The minimum absolute atomic E-state index is 0.0115. The number of anilines is 1. The molecular weight excluding hydrogens is 328 g/mol. The normalized spacial score (nSPS) is 10.5. The standard InChI is InChI=1S/C17H14N2O4S/c1-3-19(17(21)14-9-5-4-6-10-14)15-11-7-8-12-16(15)24(22,23)18-13(2)20/h1,4-12H,2H3,(H,18,20). The molecule has 0 aliphatic rings. The van der Waals surface area contributed by atoms with Gasteiger partial charge in [-0.3, -0.25) is 9.59 Å². The molecule has 0 unspecified atom stereocenters. The van der Waals surface area contributed by atoms with E-state index < -0.39 is 21.8 Å². The van der Waals surface area contributed by atoms with Gasteiger partial charge in [0.15, 0.2) is 0 Å². The van der Waals surface area contributed by atoms with Crippen molar-refractivity contribution in [2.24, 2.45) is 0 Å². The molecule has 6 nitrogen and oxygen atoms in total. The lowest BCUT2D eigenvalue weighted by atomic mass is 10.2. The van der Waals surface area contributed by atoms with Crippen LogP contribution in [0.1, 0.15) is 17.3 Å². The molecule has 24 heavy (non-hydrogen) atoms. The van der Waals surface area contributed by atoms with Crippen LogP contribution in [0.4, 0.5) is 5.69 Å². The van der Waals surface area contributed by atoms with Crippen molar-refractivity contribution in [1.82, 2.24) is 4.72 Å². The van der Waals surface area contributed by atoms with Gasteiger partial charge in [0.05, 0.1) is 5.69 Å². The van der Waals surface area contributed by atoms with E-state index in [1.54, 1.807) is 36.4 Å². The van der Waals surface area contributed by atoms with Gasteiger partial charge in [-0.25, -0.2) is 18.0 Å². The van der Waals surface area contributed by atoms with Gasteiger partial charge in [0.25, 0.3) is 15.9 Å². The topological polar surface area (TPSA) is 83.6 Å². The van der Waals surface area contributed by atoms with Crippen molar-refractivity contribution >= 4 is 27.5 Å². The molecule has 0 bridgehead atoms. The number of amides is 2. The molecule has 0 aromatic heterocycles. The van der Waals surface area contributed by atoms with Gasteiger partial charge < -0.3 is 0 Å². The third kappa shape index (κ3) is 3.62. The van der Waals surface area contributed by atoms with Crippen LogP contribution in [0.15, 0.2) is 59.5 Å². The summed E-state index contributed by atoms with van der Waals surface area (Å²) in [6, 6.07) is 16.1. The minimum atomic E-state index is -4.15. The second-order valence-corrected chi connectivity index (χ2v) is 6.42. The van der Waals surface area contributed by atoms with Crippen molar-refractivity contribution in [3.05, 3.63) is 60.2 Å². The lowest BCUT2D eigenvalue weighted by Gasteiger charge is -2.19. The van der Waals surface area contributed by atoms with Crippen LogP contribution in [-0.2, 0) is 14.8 Å². The van der Waals surface area contributed by atoms with Gasteiger partial charge in [-0.05, 0) is 24.3 Å². The van der Waals surface area contributed by atoms with Gasteiger partial charge in [-0.15, -0.1) is 0 Å². The minimum Gasteiger partial charge on any atom is -0.274 e. The van der Waals surface area contributed by atoms with Gasteiger partial charge in [-0.2, -0.15) is 0 Å². The number of sulfonamides is 1. The molecule has 0 aliphatic heterocycles. The van der Waals surface area contributed by atoms with Crippen molar-refractivity contribution in [1.29, 1.82) is 0 Å². The van der Waals surface area contributed by atoms with E-state index in [9.17, 15) is 18.0 Å². The molecule has 0 radical (unpaired) electrons. The van der Waals surface area contributed by atoms with Crippen molar-refractivity contribution < 1.29 is 18.0 Å². The number of nitrogens with zero attached hydrogens (tertiary/aromatic N) is 1. The zero-order valence-corrected chi connectivity index (χ0v) is 13.6. The Morgan fingerprint density at radius 2 is 1.62 bits per heavy atom. The third-order valence-electron chi connectivity index (χ3n) is 3.03. The van der Waals surface area contributed by atoms with Crippen LogP contribution in [0.5, 0.6) is 0 Å². The van der Waals surface area contributed by atoms with E-state index in [4.69, 9.17) is 6.42 Å². The largest absolute Gasteiger partial charge is 0.274 e. The summed E-state index contributed by atoms with van der Waals surface area (Å²) < 4.78 is 26.5. The van der Waals surface area contributed by atoms with Crippen LogP contribution in [0.2, 0.25) is 0 Å². The molecule has 0 spiro atoms. The number of para-hydroxylation sites is 1. The summed E-state index contributed by atoms with van der Waals surface area (Å²) in [7, 11) is -4.15. The molecule has 122 valence electrons. The van der Waals surface area contributed by atoms with Crippen LogP contribution in [-0.4, -0.2) is 20.2 Å². The second-order valence-electron chi connectivity index (χ2n) is 4.77. The maximum absolute atomic E-state index is 12.6. The number of carbonyl (C=O) groups is 2. The summed E-state index contributed by atoms with van der Waals surface area (Å²) in [6.07, 6.45) is 5.43. The Morgan fingerprint density at radius 3 is 2.21 bits per heavy atom. The molecule has 0 saturated heterocycles. The van der Waals surface area contributed by atoms with Crippen LogP contribution >= 0.6 is 0 Å². The van der Waals surface area contributed by atoms with E-state index in [-0.39, 0.29) is 10.6 Å². The molecule has 0 heterocycles. The van der Waals surface area contributed by atoms with Crippen LogP contribution < -0.4 is 9.62 Å². The molecule has 2 aromatic carbocycles. The second kappa shape index (κ2) is 6.98. The number of hydrogen-bond acceptors (Lipinski definition) is 4. The summed E-state index contributed by atoms with van der Waals surface area (Å²) in [4.78, 5) is 24.3. The zero-order chi connectivity index (χ0) is 17.7. The van der Waals surface area contributed by atoms with Crippen LogP contribution in [0.3, 0.4) is 0 Å². The molecule has 1 N–H and O–H groups in total. The van der Waals surface area contributed by atoms with E-state index in [1.165, 1.54) is 18.2 Å². The van der Waals surface area contributed by atoms with Gasteiger partial charge in [0.2, 0.25) is 5.91 Å². The molecule has 0 aliphatic carbocycles. The number of benzene rings is 2. The van der Waals surface area contributed by atoms with Gasteiger partial charge in [-0.1, -0.05) is 36.8 Å². The Bertz CT molecular complexity index is 915. The van der Waals surface area contributed by atoms with Gasteiger partial charge >= 0.3 is 0 Å². The maximum Gasteiger partial charge on any atom is 0.270 e. The fraction of sp³-hybridized carbons (Fsp3) is 0.0588. The SMILES string of the molecule is C#CN(C(=O)c1ccccc1)c1ccccc1S(=O)(=O)NC(C)=O. The van der Waals surface area contributed by atoms with Crippen LogP contribution in [0.25, 0.3) is 0 Å². The summed E-state index contributed by atoms with van der Waals surface area (Å²) in [5.74, 6) is -1.30. The van der Waals surface area contributed by atoms with Crippen LogP contribution in [0, 0.1) is 12.5 Å². The van der Waals surface area contributed by atoms with E-state index >= 15 is 0 Å². The first-order valence-electron chi connectivity index (χ1n) is 6.85. The third-order valence-corrected chi connectivity index (χ3v) is 4.51. The smallest absolute Gasteiger partial charge is 0.270 e. The Hall–Kier alpha value is -3.11. The lowest BCUT2D eigenvalue weighted by molar-refractivity contribution is -0.117. The number of hydrogen-bond donors (Lipinski definition) is 1. The predicted octanol–water partition coefficient (Wildman–Crippen LogP) is 1.75. The first kappa shape index (κ1) is 17.2. The van der Waals surface area contributed by atoms with Gasteiger partial charge in [0, 0.05) is 18.5 Å². The monoisotopic (exact) mass is 342 g/mol. The van der Waals surface area contributed by atoms with E-state index in [1.807, 2.05) is 4.72 Å². The fourth-order valence-corrected chi connectivity index (χ4v) is 3.24. The summed E-state index contributed by atoms with van der Waals surface area (Å²) >= 11 is 0. The van der Waals surface area contributed by atoms with E-state index in [0.717, 1.165) is 11.8 Å². The molecule has 0 atom stereocenters. The molecule has 2 amide bonds. The summed E-state index contributed by atoms with van der Waals surface area (Å²) in [5, 5.41) is 0. The average molecular weight is 342 g/mol. The number of terminal acetylenes is 1. The average Bonchev–Trinajstić information content (AvgIpc) is 2.55. The highest BCUT2D eigenvalue weighted by Crippen LogP contribution is 2.26.